The zero-order valence-electron chi connectivity index (χ0n) is 24.3. The fourth-order valence-electron chi connectivity index (χ4n) is 4.26. The molecule has 0 aromatic heterocycles. The molecule has 3 amide bonds. The number of carbonyl (C=O) groups excluding carboxylic acids is 3. The first-order chi connectivity index (χ1) is 17.4. The Bertz CT molecular complexity index is 1140. The van der Waals surface area contributed by atoms with Crippen molar-refractivity contribution in [2.24, 2.45) is 5.92 Å². The number of amides is 3. The highest BCUT2D eigenvalue weighted by Gasteiger charge is 2.43. The van der Waals surface area contributed by atoms with Crippen molar-refractivity contribution >= 4 is 23.6 Å². The Balaban J connectivity index is 2.62. The van der Waals surface area contributed by atoms with Crippen LogP contribution in [-0.2, 0) is 14.3 Å². The van der Waals surface area contributed by atoms with Gasteiger partial charge in [0.25, 0.3) is 5.91 Å². The maximum absolute atomic E-state index is 14.2. The number of phenolic OH excluding ortho intramolecular Hbond substituents is 1. The van der Waals surface area contributed by atoms with Crippen LogP contribution in [0.25, 0.3) is 0 Å². The third-order valence-corrected chi connectivity index (χ3v) is 5.99. The number of nitrogens with zero attached hydrogens (tertiary/aromatic N) is 1. The minimum Gasteiger partial charge on any atom is -0.508 e. The molecule has 8 nitrogen and oxygen atoms in total. The molecule has 0 spiro atoms. The lowest BCUT2D eigenvalue weighted by Crippen LogP contribution is -2.59. The topological polar surface area (TPSA) is 108 Å². The molecule has 0 radical (unpaired) electrons. The van der Waals surface area contributed by atoms with Crippen LogP contribution in [0.15, 0.2) is 42.5 Å². The molecular formula is C30H43N3O5. The van der Waals surface area contributed by atoms with E-state index in [9.17, 15) is 19.5 Å². The normalized spacial score (nSPS) is 13.4. The van der Waals surface area contributed by atoms with Crippen molar-refractivity contribution < 1.29 is 24.2 Å². The second-order valence-corrected chi connectivity index (χ2v) is 12.0. The molecule has 0 saturated carbocycles. The van der Waals surface area contributed by atoms with E-state index in [0.29, 0.717) is 11.3 Å². The molecule has 8 heteroatoms. The lowest BCUT2D eigenvalue weighted by molar-refractivity contribution is -0.147. The van der Waals surface area contributed by atoms with E-state index >= 15 is 0 Å². The summed E-state index contributed by atoms with van der Waals surface area (Å²) in [4.78, 5) is 42.4. The van der Waals surface area contributed by atoms with E-state index in [1.54, 1.807) is 32.9 Å². The average Bonchev–Trinajstić information content (AvgIpc) is 2.75. The molecule has 0 aliphatic heterocycles. The Morgan fingerprint density at radius 3 is 1.95 bits per heavy atom. The van der Waals surface area contributed by atoms with Gasteiger partial charge in [0.1, 0.15) is 23.4 Å². The van der Waals surface area contributed by atoms with Gasteiger partial charge in [-0.15, -0.1) is 0 Å². The van der Waals surface area contributed by atoms with E-state index in [0.717, 1.165) is 11.1 Å². The number of benzene rings is 2. The molecule has 0 aliphatic rings. The third-order valence-electron chi connectivity index (χ3n) is 5.99. The molecule has 0 heterocycles. The predicted octanol–water partition coefficient (Wildman–Crippen LogP) is 5.87. The van der Waals surface area contributed by atoms with Gasteiger partial charge in [-0.1, -0.05) is 44.2 Å². The van der Waals surface area contributed by atoms with Gasteiger partial charge in [0.15, 0.2) is 0 Å². The maximum Gasteiger partial charge on any atom is 0.408 e. The lowest BCUT2D eigenvalue weighted by atomic mass is 9.93. The summed E-state index contributed by atoms with van der Waals surface area (Å²) in [6.45, 7) is 18.2. The van der Waals surface area contributed by atoms with Gasteiger partial charge in [-0.25, -0.2) is 4.79 Å². The van der Waals surface area contributed by atoms with Crippen LogP contribution in [0.2, 0.25) is 0 Å². The third kappa shape index (κ3) is 7.97. The molecule has 208 valence electrons. The fourth-order valence-corrected chi connectivity index (χ4v) is 4.26. The van der Waals surface area contributed by atoms with Crippen LogP contribution in [0, 0.1) is 19.8 Å². The number of phenols is 1. The summed E-state index contributed by atoms with van der Waals surface area (Å²) in [5, 5.41) is 16.0. The van der Waals surface area contributed by atoms with Crippen molar-refractivity contribution in [2.45, 2.75) is 92.5 Å². The van der Waals surface area contributed by atoms with E-state index in [2.05, 4.69) is 10.6 Å². The zero-order chi connectivity index (χ0) is 29.0. The monoisotopic (exact) mass is 525 g/mol. The molecule has 0 bridgehead atoms. The van der Waals surface area contributed by atoms with E-state index in [4.69, 9.17) is 4.74 Å². The molecule has 2 aromatic rings. The fraction of sp³-hybridized carbons (Fsp3) is 0.500. The Hall–Kier alpha value is -3.55. The Morgan fingerprint density at radius 2 is 1.47 bits per heavy atom. The smallest absolute Gasteiger partial charge is 0.408 e. The van der Waals surface area contributed by atoms with Gasteiger partial charge in [-0.05, 0) is 90.1 Å². The minimum absolute atomic E-state index is 0.0269. The van der Waals surface area contributed by atoms with Gasteiger partial charge < -0.3 is 25.4 Å². The summed E-state index contributed by atoms with van der Waals surface area (Å²) >= 11 is 0. The van der Waals surface area contributed by atoms with Crippen molar-refractivity contribution in [1.82, 2.24) is 10.2 Å². The quantitative estimate of drug-likeness (QED) is 0.419. The molecule has 3 N–H and O–H groups in total. The summed E-state index contributed by atoms with van der Waals surface area (Å²) in [5.41, 5.74) is 1.29. The van der Waals surface area contributed by atoms with Crippen molar-refractivity contribution in [3.63, 3.8) is 0 Å². The number of aromatic hydroxyl groups is 1. The van der Waals surface area contributed by atoms with Gasteiger partial charge >= 0.3 is 6.09 Å². The zero-order valence-corrected chi connectivity index (χ0v) is 24.3. The van der Waals surface area contributed by atoms with Gasteiger partial charge in [0, 0.05) is 11.2 Å². The van der Waals surface area contributed by atoms with Crippen LogP contribution in [0.5, 0.6) is 5.75 Å². The second-order valence-electron chi connectivity index (χ2n) is 12.0. The van der Waals surface area contributed by atoms with Crippen LogP contribution >= 0.6 is 0 Å². The number of ether oxygens (including phenoxy) is 1. The van der Waals surface area contributed by atoms with Crippen molar-refractivity contribution in [3.05, 3.63) is 59.2 Å². The van der Waals surface area contributed by atoms with Crippen molar-refractivity contribution in [1.29, 1.82) is 0 Å². The summed E-state index contributed by atoms with van der Waals surface area (Å²) in [6, 6.07) is 9.97. The number of para-hydroxylation sites is 1. The first-order valence-corrected chi connectivity index (χ1v) is 12.9. The van der Waals surface area contributed by atoms with Crippen molar-refractivity contribution in [3.8, 4) is 5.75 Å². The molecule has 38 heavy (non-hydrogen) atoms. The summed E-state index contributed by atoms with van der Waals surface area (Å²) in [5.74, 6) is -1.20. The van der Waals surface area contributed by atoms with E-state index in [-0.39, 0.29) is 11.7 Å². The number of aryl methyl sites for hydroxylation is 2. The van der Waals surface area contributed by atoms with E-state index in [1.165, 1.54) is 17.0 Å². The number of rotatable bonds is 7. The van der Waals surface area contributed by atoms with Crippen LogP contribution in [0.4, 0.5) is 10.5 Å². The number of carbonyl (C=O) groups is 3. The summed E-state index contributed by atoms with van der Waals surface area (Å²) in [7, 11) is 0. The molecule has 0 aliphatic carbocycles. The highest BCUT2D eigenvalue weighted by atomic mass is 16.6. The maximum atomic E-state index is 14.2. The first kappa shape index (κ1) is 30.7. The first-order valence-electron chi connectivity index (χ1n) is 12.9. The number of hydrogen-bond acceptors (Lipinski definition) is 5. The van der Waals surface area contributed by atoms with Gasteiger partial charge in [0.2, 0.25) is 5.91 Å². The van der Waals surface area contributed by atoms with Crippen LogP contribution in [0.3, 0.4) is 0 Å². The number of alkyl carbamates (subject to hydrolysis) is 1. The SMILES string of the molecule is Cc1cccc(C)c1NC(=O)C(c1cccc(O)c1)N(C(=O)C(NC(=O)OC(C)(C)C)C(C)C)C(C)(C)C. The number of anilines is 1. The van der Waals surface area contributed by atoms with Crippen LogP contribution in [0.1, 0.15) is 78.1 Å². The van der Waals surface area contributed by atoms with Gasteiger partial charge in [-0.3, -0.25) is 9.59 Å². The molecule has 2 aromatic carbocycles. The van der Waals surface area contributed by atoms with E-state index in [1.807, 2.05) is 66.7 Å². The lowest BCUT2D eigenvalue weighted by Gasteiger charge is -2.43. The minimum atomic E-state index is -1.10. The van der Waals surface area contributed by atoms with Gasteiger partial charge in [-0.2, -0.15) is 0 Å². The second kappa shape index (κ2) is 11.9. The Morgan fingerprint density at radius 1 is 0.921 bits per heavy atom. The molecular weight excluding hydrogens is 482 g/mol. The molecule has 2 unspecified atom stereocenters. The Kier molecular flexibility index (Phi) is 9.59. The molecule has 0 fully saturated rings. The number of nitrogens with one attached hydrogen (secondary N) is 2. The molecule has 2 rings (SSSR count). The summed E-state index contributed by atoms with van der Waals surface area (Å²) < 4.78 is 5.41. The highest BCUT2D eigenvalue weighted by Crippen LogP contribution is 2.33. The largest absolute Gasteiger partial charge is 0.508 e. The molecule has 0 saturated heterocycles. The van der Waals surface area contributed by atoms with E-state index < -0.39 is 41.1 Å². The average molecular weight is 526 g/mol. The highest BCUT2D eigenvalue weighted by molar-refractivity contribution is 6.00. The van der Waals surface area contributed by atoms with Crippen LogP contribution in [-0.4, -0.2) is 45.1 Å². The molecule has 2 atom stereocenters. The summed E-state index contributed by atoms with van der Waals surface area (Å²) in [6.07, 6.45) is -0.715. The standard InChI is InChI=1S/C30H43N3O5/c1-18(2)23(32-28(37)38-30(8,9)10)27(36)33(29(5,6)7)25(21-15-12-16-22(34)17-21)26(35)31-24-19(3)13-11-14-20(24)4/h11-18,23,25,34H,1-10H3,(H,31,35)(H,32,37). The van der Waals surface area contributed by atoms with Crippen LogP contribution < -0.4 is 10.6 Å². The number of hydrogen-bond donors (Lipinski definition) is 3. The van der Waals surface area contributed by atoms with Crippen molar-refractivity contribution in [2.75, 3.05) is 5.32 Å². The Labute approximate surface area is 226 Å². The predicted molar refractivity (Wildman–Crippen MR) is 150 cm³/mol. The van der Waals surface area contributed by atoms with Gasteiger partial charge in [0.05, 0.1) is 0 Å².